The van der Waals surface area contributed by atoms with E-state index in [-0.39, 0.29) is 36.9 Å². The fourth-order valence-electron chi connectivity index (χ4n) is 4.43. The Morgan fingerprint density at radius 2 is 1.74 bits per heavy atom. The molecule has 3 aromatic rings. The molecule has 34 heavy (non-hydrogen) atoms. The van der Waals surface area contributed by atoms with Gasteiger partial charge in [0.25, 0.3) is 0 Å². The highest BCUT2D eigenvalue weighted by molar-refractivity contribution is 5.95. The third kappa shape index (κ3) is 4.21. The first kappa shape index (κ1) is 22.3. The van der Waals surface area contributed by atoms with Crippen molar-refractivity contribution in [2.24, 2.45) is 0 Å². The predicted octanol–water partition coefficient (Wildman–Crippen LogP) is 5.32. The minimum Gasteiger partial charge on any atom is -0.454 e. The lowest BCUT2D eigenvalue weighted by Gasteiger charge is -2.18. The quantitative estimate of drug-likeness (QED) is 0.507. The Hall–Kier alpha value is -3.52. The summed E-state index contributed by atoms with van der Waals surface area (Å²) in [6, 6.07) is 16.3. The summed E-state index contributed by atoms with van der Waals surface area (Å²) >= 11 is 0. The van der Waals surface area contributed by atoms with Crippen LogP contribution >= 0.6 is 0 Å². The number of carbonyl (C=O) groups is 1. The number of benzene rings is 3. The molecule has 0 unspecified atom stereocenters. The van der Waals surface area contributed by atoms with Crippen molar-refractivity contribution in [2.45, 2.75) is 37.6 Å². The number of alkyl halides is 3. The normalized spacial score (nSPS) is 15.8. The lowest BCUT2D eigenvalue weighted by atomic mass is 9.87. The van der Waals surface area contributed by atoms with Crippen molar-refractivity contribution in [3.8, 4) is 28.4 Å². The smallest absolute Gasteiger partial charge is 0.454 e. The van der Waals surface area contributed by atoms with Gasteiger partial charge >= 0.3 is 6.36 Å². The Bertz CT molecular complexity index is 1250. The molecule has 5 nitrogen and oxygen atoms in total. The van der Waals surface area contributed by atoms with E-state index in [0.717, 1.165) is 5.56 Å². The van der Waals surface area contributed by atoms with Crippen LogP contribution in [0.5, 0.6) is 17.2 Å². The Morgan fingerprint density at radius 3 is 2.47 bits per heavy atom. The molecule has 1 fully saturated rings. The second-order valence-electron chi connectivity index (χ2n) is 8.44. The van der Waals surface area contributed by atoms with Crippen LogP contribution < -0.4 is 14.2 Å². The molecule has 0 amide bonds. The SMILES string of the molecule is O=C(Cc1ccc(OC(F)(F)F)c(-c2ccccc2CO)c1)C1(c2ccc3c(c2)OCO3)CC1. The molecule has 0 aromatic heterocycles. The lowest BCUT2D eigenvalue weighted by Crippen LogP contribution is -2.22. The van der Waals surface area contributed by atoms with Crippen LogP contribution in [0.2, 0.25) is 0 Å². The van der Waals surface area contributed by atoms with E-state index < -0.39 is 11.8 Å². The van der Waals surface area contributed by atoms with Crippen LogP contribution in [0.15, 0.2) is 60.7 Å². The maximum Gasteiger partial charge on any atom is 0.573 e. The highest BCUT2D eigenvalue weighted by Crippen LogP contribution is 2.51. The van der Waals surface area contributed by atoms with Gasteiger partial charge in [0.05, 0.1) is 12.0 Å². The van der Waals surface area contributed by atoms with E-state index >= 15 is 0 Å². The third-order valence-corrected chi connectivity index (χ3v) is 6.32. The molecule has 2 aliphatic rings. The Labute approximate surface area is 193 Å². The van der Waals surface area contributed by atoms with Crippen molar-refractivity contribution >= 4 is 5.78 Å². The maximum absolute atomic E-state index is 13.4. The standard InChI is InChI=1S/C26H21F3O5/c27-26(28,29)34-21-7-5-16(11-20(21)19-4-2-1-3-17(19)14-30)12-24(31)25(9-10-25)18-6-8-22-23(13-18)33-15-32-22/h1-8,11,13,30H,9-10,12,14-15H2. The zero-order valence-electron chi connectivity index (χ0n) is 18.0. The van der Waals surface area contributed by atoms with Gasteiger partial charge in [0.1, 0.15) is 11.5 Å². The minimum atomic E-state index is -4.88. The van der Waals surface area contributed by atoms with Gasteiger partial charge in [0, 0.05) is 12.0 Å². The van der Waals surface area contributed by atoms with Gasteiger partial charge in [-0.3, -0.25) is 4.79 Å². The van der Waals surface area contributed by atoms with Gasteiger partial charge in [-0.05, 0) is 59.4 Å². The first-order valence-electron chi connectivity index (χ1n) is 10.8. The number of aliphatic hydroxyl groups excluding tert-OH is 1. The molecule has 5 rings (SSSR count). The zero-order valence-corrected chi connectivity index (χ0v) is 18.0. The van der Waals surface area contributed by atoms with E-state index in [2.05, 4.69) is 4.74 Å². The number of ether oxygens (including phenoxy) is 3. The number of aliphatic hydroxyl groups is 1. The van der Waals surface area contributed by atoms with Gasteiger partial charge in [-0.1, -0.05) is 36.4 Å². The number of ketones is 1. The number of fused-ring (bicyclic) bond motifs is 1. The minimum absolute atomic E-state index is 0.0164. The molecule has 1 aliphatic heterocycles. The van der Waals surface area contributed by atoms with Gasteiger partial charge in [-0.15, -0.1) is 13.2 Å². The molecular weight excluding hydrogens is 449 g/mol. The van der Waals surface area contributed by atoms with Crippen molar-refractivity contribution in [1.29, 1.82) is 0 Å². The maximum atomic E-state index is 13.4. The van der Waals surface area contributed by atoms with E-state index in [0.29, 0.717) is 41.0 Å². The van der Waals surface area contributed by atoms with Crippen LogP contribution in [0, 0.1) is 0 Å². The van der Waals surface area contributed by atoms with Crippen LogP contribution in [0.4, 0.5) is 13.2 Å². The van der Waals surface area contributed by atoms with Crippen molar-refractivity contribution in [3.63, 3.8) is 0 Å². The first-order valence-corrected chi connectivity index (χ1v) is 10.8. The molecule has 176 valence electrons. The molecule has 3 aromatic carbocycles. The van der Waals surface area contributed by atoms with Crippen LogP contribution in [-0.2, 0) is 23.2 Å². The molecule has 1 heterocycles. The number of Topliss-reactive ketones (excluding diaryl/α,β-unsaturated/α-hetero) is 1. The molecule has 0 bridgehead atoms. The molecule has 0 atom stereocenters. The second-order valence-corrected chi connectivity index (χ2v) is 8.44. The number of hydrogen-bond donors (Lipinski definition) is 1. The number of halogens is 3. The number of rotatable bonds is 7. The fraction of sp³-hybridized carbons (Fsp3) is 0.269. The van der Waals surface area contributed by atoms with Gasteiger partial charge in [-0.2, -0.15) is 0 Å². The average molecular weight is 470 g/mol. The lowest BCUT2D eigenvalue weighted by molar-refractivity contribution is -0.274. The molecule has 1 saturated carbocycles. The van der Waals surface area contributed by atoms with Crippen LogP contribution in [0.1, 0.15) is 29.5 Å². The zero-order chi connectivity index (χ0) is 23.9. The summed E-state index contributed by atoms with van der Waals surface area (Å²) in [4.78, 5) is 13.4. The molecule has 0 saturated heterocycles. The van der Waals surface area contributed by atoms with Gasteiger partial charge in [-0.25, -0.2) is 0 Å². The van der Waals surface area contributed by atoms with E-state index in [1.807, 2.05) is 12.1 Å². The van der Waals surface area contributed by atoms with Crippen LogP contribution in [0.25, 0.3) is 11.1 Å². The first-order chi connectivity index (χ1) is 16.3. The second kappa shape index (κ2) is 8.36. The summed E-state index contributed by atoms with van der Waals surface area (Å²) in [5.74, 6) is 0.839. The topological polar surface area (TPSA) is 65.0 Å². The van der Waals surface area contributed by atoms with Gasteiger partial charge < -0.3 is 19.3 Å². The Balaban J connectivity index is 1.47. The summed E-state index contributed by atoms with van der Waals surface area (Å²) in [6.45, 7) is -0.206. The monoisotopic (exact) mass is 470 g/mol. The van der Waals surface area contributed by atoms with E-state index in [1.54, 1.807) is 30.3 Å². The average Bonchev–Trinajstić information content (AvgIpc) is 3.50. The van der Waals surface area contributed by atoms with Crippen molar-refractivity contribution in [2.75, 3.05) is 6.79 Å². The Morgan fingerprint density at radius 1 is 0.971 bits per heavy atom. The summed E-state index contributed by atoms with van der Waals surface area (Å²) < 4.78 is 54.1. The van der Waals surface area contributed by atoms with Crippen molar-refractivity contribution in [1.82, 2.24) is 0 Å². The number of hydrogen-bond acceptors (Lipinski definition) is 5. The van der Waals surface area contributed by atoms with Crippen LogP contribution in [-0.4, -0.2) is 24.0 Å². The van der Waals surface area contributed by atoms with Gasteiger partial charge in [0.2, 0.25) is 6.79 Å². The molecule has 1 aliphatic carbocycles. The third-order valence-electron chi connectivity index (χ3n) is 6.32. The largest absolute Gasteiger partial charge is 0.573 e. The fourth-order valence-corrected chi connectivity index (χ4v) is 4.43. The van der Waals surface area contributed by atoms with Crippen LogP contribution in [0.3, 0.4) is 0 Å². The molecule has 1 N–H and O–H groups in total. The molecule has 0 spiro atoms. The Kier molecular flexibility index (Phi) is 5.48. The summed E-state index contributed by atoms with van der Waals surface area (Å²) in [5, 5.41) is 9.69. The van der Waals surface area contributed by atoms with E-state index in [4.69, 9.17) is 9.47 Å². The van der Waals surface area contributed by atoms with Crippen molar-refractivity contribution in [3.05, 3.63) is 77.4 Å². The van der Waals surface area contributed by atoms with E-state index in [1.165, 1.54) is 18.2 Å². The molecular formula is C26H21F3O5. The summed E-state index contributed by atoms with van der Waals surface area (Å²) in [5.41, 5.74) is 1.82. The van der Waals surface area contributed by atoms with Gasteiger partial charge in [0.15, 0.2) is 11.5 Å². The van der Waals surface area contributed by atoms with Crippen molar-refractivity contribution < 1.29 is 37.3 Å². The summed E-state index contributed by atoms with van der Waals surface area (Å²) in [6.07, 6.45) is -3.44. The molecule has 8 heteroatoms. The van der Waals surface area contributed by atoms with E-state index in [9.17, 15) is 23.1 Å². The number of carbonyl (C=O) groups excluding carboxylic acids is 1. The summed E-state index contributed by atoms with van der Waals surface area (Å²) in [7, 11) is 0. The predicted molar refractivity (Wildman–Crippen MR) is 117 cm³/mol. The highest BCUT2D eigenvalue weighted by atomic mass is 19.4. The highest BCUT2D eigenvalue weighted by Gasteiger charge is 2.50. The molecule has 0 radical (unpaired) electrons.